The van der Waals surface area contributed by atoms with Crippen LogP contribution in [0.3, 0.4) is 0 Å². The fourth-order valence-electron chi connectivity index (χ4n) is 9.34. The van der Waals surface area contributed by atoms with E-state index in [4.69, 9.17) is 11.5 Å². The highest BCUT2D eigenvalue weighted by Crippen LogP contribution is 2.66. The van der Waals surface area contributed by atoms with Crippen LogP contribution in [0, 0.1) is 41.4 Å². The van der Waals surface area contributed by atoms with Crippen LogP contribution in [0.15, 0.2) is 34.2 Å². The van der Waals surface area contributed by atoms with Crippen molar-refractivity contribution in [3.05, 3.63) is 29.8 Å². The molecule has 0 aromatic heterocycles. The zero-order valence-electron chi connectivity index (χ0n) is 25.5. The Morgan fingerprint density at radius 2 is 1.74 bits per heavy atom. The van der Waals surface area contributed by atoms with Gasteiger partial charge in [0.05, 0.1) is 17.0 Å². The summed E-state index contributed by atoms with van der Waals surface area (Å²) in [7, 11) is -3.80. The number of benzene rings is 1. The number of guanidine groups is 1. The number of aliphatic hydroxyl groups excluding tert-OH is 1. The molecule has 234 valence electrons. The molecule has 1 aromatic carbocycles. The molecule has 0 heterocycles. The topological polar surface area (TPSA) is 160 Å². The molecule has 1 aromatic rings. The van der Waals surface area contributed by atoms with E-state index in [1.807, 2.05) is 6.92 Å². The number of nitrogens with two attached hydrogens (primary N) is 2. The maximum absolute atomic E-state index is 13.2. The monoisotopic (exact) mass is 601 g/mol. The molecule has 0 aliphatic heterocycles. The van der Waals surface area contributed by atoms with Gasteiger partial charge in [0.15, 0.2) is 0 Å². The van der Waals surface area contributed by atoms with Crippen LogP contribution in [-0.4, -0.2) is 50.1 Å². The normalized spacial score (nSPS) is 37.2. The van der Waals surface area contributed by atoms with Crippen LogP contribution in [0.2, 0.25) is 0 Å². The van der Waals surface area contributed by atoms with E-state index >= 15 is 0 Å². The van der Waals surface area contributed by atoms with Gasteiger partial charge in [-0.2, -0.15) is 0 Å². The summed E-state index contributed by atoms with van der Waals surface area (Å²) in [6.45, 7) is 7.06. The van der Waals surface area contributed by atoms with Crippen LogP contribution in [-0.2, 0) is 14.8 Å². The van der Waals surface area contributed by atoms with E-state index in [1.54, 1.807) is 12.1 Å². The second-order valence-corrected chi connectivity index (χ2v) is 15.9. The first kappa shape index (κ1) is 31.3. The van der Waals surface area contributed by atoms with E-state index in [9.17, 15) is 18.3 Å². The van der Waals surface area contributed by atoms with E-state index in [1.165, 1.54) is 31.4 Å². The van der Waals surface area contributed by atoms with Crippen molar-refractivity contribution in [2.45, 2.75) is 114 Å². The second kappa shape index (κ2) is 12.1. The third-order valence-electron chi connectivity index (χ3n) is 11.8. The molecule has 9 nitrogen and oxygen atoms in total. The van der Waals surface area contributed by atoms with Crippen molar-refractivity contribution < 1.29 is 18.3 Å². The van der Waals surface area contributed by atoms with Gasteiger partial charge in [-0.1, -0.05) is 31.5 Å². The fourth-order valence-corrected chi connectivity index (χ4v) is 10.3. The van der Waals surface area contributed by atoms with Gasteiger partial charge in [-0.15, -0.1) is 0 Å². The number of nitrogens with one attached hydrogen (secondary N) is 2. The van der Waals surface area contributed by atoms with Crippen LogP contribution in [0.5, 0.6) is 0 Å². The fraction of sp³-hybridized carbons (Fsp3) is 0.750. The maximum Gasteiger partial charge on any atom is 0.264 e. The summed E-state index contributed by atoms with van der Waals surface area (Å²) in [6.07, 6.45) is 10.9. The smallest absolute Gasteiger partial charge is 0.264 e. The predicted octanol–water partition coefficient (Wildman–Crippen LogP) is 3.58. The van der Waals surface area contributed by atoms with Crippen LogP contribution in [0.1, 0.15) is 90.0 Å². The van der Waals surface area contributed by atoms with Crippen molar-refractivity contribution >= 4 is 21.9 Å². The van der Waals surface area contributed by atoms with E-state index in [2.05, 4.69) is 28.9 Å². The first-order chi connectivity index (χ1) is 19.8. The number of amides is 1. The first-order valence-electron chi connectivity index (χ1n) is 16.0. The molecule has 0 saturated heterocycles. The molecule has 42 heavy (non-hydrogen) atoms. The van der Waals surface area contributed by atoms with E-state index in [0.717, 1.165) is 50.0 Å². The van der Waals surface area contributed by atoms with Gasteiger partial charge in [0.25, 0.3) is 10.0 Å². The first-order valence-corrected chi connectivity index (χ1v) is 17.5. The lowest BCUT2D eigenvalue weighted by Gasteiger charge is -2.61. The molecule has 4 saturated carbocycles. The molecule has 7 N–H and O–H groups in total. The number of sulfonamides is 1. The predicted molar refractivity (Wildman–Crippen MR) is 165 cm³/mol. The van der Waals surface area contributed by atoms with Crippen molar-refractivity contribution in [3.63, 3.8) is 0 Å². The summed E-state index contributed by atoms with van der Waals surface area (Å²) in [4.78, 5) is 17.4. The minimum absolute atomic E-state index is 0.0985. The summed E-state index contributed by atoms with van der Waals surface area (Å²) in [6, 6.07) is 5.99. The quantitative estimate of drug-likeness (QED) is 0.174. The number of hydrogen-bond donors (Lipinski definition) is 5. The Morgan fingerprint density at radius 1 is 1.05 bits per heavy atom. The third kappa shape index (κ3) is 6.09. The van der Waals surface area contributed by atoms with Gasteiger partial charge >= 0.3 is 0 Å². The zero-order chi connectivity index (χ0) is 30.3. The molecule has 0 bridgehead atoms. The molecule has 4 aliphatic rings. The van der Waals surface area contributed by atoms with Crippen molar-refractivity contribution in [2.24, 2.45) is 51.0 Å². The molecule has 5 rings (SSSR count). The molecule has 9 atom stereocenters. The molecule has 1 amide bonds. The van der Waals surface area contributed by atoms with Gasteiger partial charge in [-0.05, 0) is 124 Å². The molecule has 0 spiro atoms. The summed E-state index contributed by atoms with van der Waals surface area (Å²) >= 11 is 0. The van der Waals surface area contributed by atoms with Crippen LogP contribution < -0.4 is 21.5 Å². The Morgan fingerprint density at radius 3 is 2.48 bits per heavy atom. The third-order valence-corrected chi connectivity index (χ3v) is 13.2. The summed E-state index contributed by atoms with van der Waals surface area (Å²) in [5.41, 5.74) is 13.5. The Hall–Kier alpha value is -2.17. The zero-order valence-corrected chi connectivity index (χ0v) is 26.3. The molecule has 9 unspecified atom stereocenters. The molecule has 4 aliphatic carbocycles. The van der Waals surface area contributed by atoms with Crippen molar-refractivity contribution in [3.8, 4) is 0 Å². The number of aryl methyl sites for hydroxylation is 1. The van der Waals surface area contributed by atoms with Gasteiger partial charge in [0.2, 0.25) is 11.9 Å². The SMILES string of the molecule is Cc1ccc(S(=O)(=O)NC(N)=NCCCC(N)C(=O)NC2CCC3C4CCC5CC(O)CCC5(C)C4CCC23C)cc1. The summed E-state index contributed by atoms with van der Waals surface area (Å²) in [5, 5.41) is 13.6. The lowest BCUT2D eigenvalue weighted by atomic mass is 9.45. The molecular weight excluding hydrogens is 550 g/mol. The number of carbonyl (C=O) groups is 1. The van der Waals surface area contributed by atoms with Gasteiger partial charge in [-0.25, -0.2) is 13.1 Å². The number of aliphatic hydroxyl groups is 1. The van der Waals surface area contributed by atoms with Gasteiger partial charge in [-0.3, -0.25) is 9.79 Å². The number of nitrogens with zero attached hydrogens (tertiary/aromatic N) is 1. The minimum atomic E-state index is -3.80. The minimum Gasteiger partial charge on any atom is -0.393 e. The average Bonchev–Trinajstić information content (AvgIpc) is 3.27. The van der Waals surface area contributed by atoms with Gasteiger partial charge in [0.1, 0.15) is 0 Å². The highest BCUT2D eigenvalue weighted by atomic mass is 32.2. The van der Waals surface area contributed by atoms with Gasteiger partial charge in [0, 0.05) is 12.6 Å². The number of hydrogen-bond acceptors (Lipinski definition) is 6. The molecule has 4 fully saturated rings. The molecular formula is C32H51N5O4S. The number of aliphatic imine (C=N–C) groups is 1. The Kier molecular flexibility index (Phi) is 8.99. The Balaban J connectivity index is 1.10. The van der Waals surface area contributed by atoms with Crippen LogP contribution in [0.25, 0.3) is 0 Å². The lowest BCUT2D eigenvalue weighted by Crippen LogP contribution is -2.57. The molecule has 0 radical (unpaired) electrons. The standard InChI is InChI=1S/C32H51N5O4S/c1-20-6-9-23(10-7-20)42(40,41)37-30(34)35-18-4-5-27(33)29(39)36-28-13-12-25-24-11-8-21-19-22(38)14-16-31(21,2)26(24)15-17-32(25,28)3/h6-7,9-10,21-22,24-28,38H,4-5,8,11-19,33H2,1-3H3,(H,36,39)(H3,34,35,37). The second-order valence-electron chi connectivity index (χ2n) is 14.2. The Bertz CT molecular complexity index is 1270. The van der Waals surface area contributed by atoms with E-state index in [-0.39, 0.29) is 40.9 Å². The van der Waals surface area contributed by atoms with Crippen LogP contribution >= 0.6 is 0 Å². The largest absolute Gasteiger partial charge is 0.393 e. The van der Waals surface area contributed by atoms with E-state index in [0.29, 0.717) is 36.0 Å². The lowest BCUT2D eigenvalue weighted by molar-refractivity contribution is -0.130. The van der Waals surface area contributed by atoms with Crippen molar-refractivity contribution in [1.29, 1.82) is 0 Å². The highest BCUT2D eigenvalue weighted by Gasteiger charge is 2.60. The number of rotatable bonds is 8. The maximum atomic E-state index is 13.2. The van der Waals surface area contributed by atoms with Crippen molar-refractivity contribution in [2.75, 3.05) is 6.54 Å². The number of fused-ring (bicyclic) bond motifs is 5. The Labute approximate surface area is 251 Å². The van der Waals surface area contributed by atoms with E-state index < -0.39 is 16.1 Å². The average molecular weight is 602 g/mol. The van der Waals surface area contributed by atoms with Crippen molar-refractivity contribution in [1.82, 2.24) is 10.0 Å². The van der Waals surface area contributed by atoms with Gasteiger partial charge < -0.3 is 21.9 Å². The summed E-state index contributed by atoms with van der Waals surface area (Å²) < 4.78 is 27.3. The number of carbonyl (C=O) groups excluding carboxylic acids is 1. The highest BCUT2D eigenvalue weighted by molar-refractivity contribution is 7.90. The summed E-state index contributed by atoms with van der Waals surface area (Å²) in [5.74, 6) is 2.42. The van der Waals surface area contributed by atoms with Crippen LogP contribution in [0.4, 0.5) is 0 Å². The molecule has 10 heteroatoms.